The number of hydrogen-bond donors (Lipinski definition) is 3. The van der Waals surface area contributed by atoms with Crippen LogP contribution in [0.1, 0.15) is 76.3 Å². The van der Waals surface area contributed by atoms with Crippen molar-refractivity contribution in [2.45, 2.75) is 83.6 Å². The highest BCUT2D eigenvalue weighted by Crippen LogP contribution is 2.29. The van der Waals surface area contributed by atoms with Crippen molar-refractivity contribution in [1.82, 2.24) is 15.5 Å². The molecule has 2 amide bonds. The Morgan fingerprint density at radius 3 is 2.52 bits per heavy atom. The molecule has 1 aromatic carbocycles. The highest BCUT2D eigenvalue weighted by Gasteiger charge is 2.47. The molecule has 1 saturated heterocycles. The van der Waals surface area contributed by atoms with Gasteiger partial charge in [0.1, 0.15) is 5.54 Å². The van der Waals surface area contributed by atoms with Gasteiger partial charge in [0.15, 0.2) is 5.96 Å². The number of aryl methyl sites for hydroxylation is 1. The highest BCUT2D eigenvalue weighted by atomic mass is 16.2. The Kier molecular flexibility index (Phi) is 8.10. The second kappa shape index (κ2) is 10.8. The Labute approximate surface area is 186 Å². The largest absolute Gasteiger partial charge is 0.356 e. The van der Waals surface area contributed by atoms with Crippen molar-refractivity contribution in [2.75, 3.05) is 13.1 Å². The molecule has 1 atom stereocenters. The second-order valence-corrected chi connectivity index (χ2v) is 9.07. The lowest BCUT2D eigenvalue weighted by atomic mass is 9.83. The van der Waals surface area contributed by atoms with Gasteiger partial charge in [-0.15, -0.1) is 0 Å². The lowest BCUT2D eigenvalue weighted by Crippen LogP contribution is -2.47. The normalized spacial score (nSPS) is 19.8. The summed E-state index contributed by atoms with van der Waals surface area (Å²) in [6.07, 6.45) is 8.88. The number of guanidine groups is 1. The lowest BCUT2D eigenvalue weighted by molar-refractivity contribution is -0.131. The minimum absolute atomic E-state index is 0.0269. The zero-order valence-electron chi connectivity index (χ0n) is 19.1. The second-order valence-electron chi connectivity index (χ2n) is 9.07. The van der Waals surface area contributed by atoms with Crippen LogP contribution in [0, 0.1) is 11.3 Å². The molecule has 2 aliphatic rings. The van der Waals surface area contributed by atoms with Crippen molar-refractivity contribution < 1.29 is 9.59 Å². The minimum Gasteiger partial charge on any atom is -0.356 e. The molecule has 1 aliphatic heterocycles. The first-order valence-electron chi connectivity index (χ1n) is 12.0. The quantitative estimate of drug-likeness (QED) is 0.471. The summed E-state index contributed by atoms with van der Waals surface area (Å²) in [6, 6.07) is 8.37. The van der Waals surface area contributed by atoms with Crippen LogP contribution in [0.5, 0.6) is 0 Å². The van der Waals surface area contributed by atoms with E-state index in [2.05, 4.69) is 42.7 Å². The maximum atomic E-state index is 13.2. The molecule has 31 heavy (non-hydrogen) atoms. The summed E-state index contributed by atoms with van der Waals surface area (Å²) in [4.78, 5) is 27.4. The third-order valence-electron chi connectivity index (χ3n) is 6.77. The van der Waals surface area contributed by atoms with Crippen LogP contribution >= 0.6 is 0 Å². The standard InChI is InChI=1S/C25H38N4O2/c1-3-5-14-25(15-6-4-2)23(31)29(24(26)28-25)17-9-16-27-22(30)21-13-12-19-10-7-8-11-20(19)18-21/h7-8,10-11,21H,3-6,9,12-18H2,1-2H3,(H2,26,28)(H,27,30). The predicted octanol–water partition coefficient (Wildman–Crippen LogP) is 3.78. The van der Waals surface area contributed by atoms with Gasteiger partial charge in [-0.25, -0.2) is 0 Å². The zero-order valence-corrected chi connectivity index (χ0v) is 19.1. The summed E-state index contributed by atoms with van der Waals surface area (Å²) in [7, 11) is 0. The van der Waals surface area contributed by atoms with Gasteiger partial charge in [-0.1, -0.05) is 63.8 Å². The van der Waals surface area contributed by atoms with Crippen LogP contribution in [0.4, 0.5) is 0 Å². The van der Waals surface area contributed by atoms with Crippen molar-refractivity contribution in [3.05, 3.63) is 35.4 Å². The summed E-state index contributed by atoms with van der Waals surface area (Å²) >= 11 is 0. The van der Waals surface area contributed by atoms with E-state index in [-0.39, 0.29) is 23.7 Å². The average Bonchev–Trinajstić information content (AvgIpc) is 3.02. The SMILES string of the molecule is CCCCC1(CCCC)NC(=N)N(CCCNC(=O)C2CCc3ccccc3C2)C1=O. The van der Waals surface area contributed by atoms with Gasteiger partial charge in [0.25, 0.3) is 5.91 Å². The first-order valence-corrected chi connectivity index (χ1v) is 12.0. The van der Waals surface area contributed by atoms with Crippen LogP contribution < -0.4 is 10.6 Å². The predicted molar refractivity (Wildman–Crippen MR) is 124 cm³/mol. The third-order valence-corrected chi connectivity index (χ3v) is 6.77. The van der Waals surface area contributed by atoms with Crippen LogP contribution in [0.25, 0.3) is 0 Å². The number of nitrogens with zero attached hydrogens (tertiary/aromatic N) is 1. The van der Waals surface area contributed by atoms with Gasteiger partial charge in [-0.05, 0) is 49.7 Å². The molecule has 0 spiro atoms. The van der Waals surface area contributed by atoms with E-state index < -0.39 is 5.54 Å². The van der Waals surface area contributed by atoms with Crippen molar-refractivity contribution in [3.63, 3.8) is 0 Å². The van der Waals surface area contributed by atoms with Crippen molar-refractivity contribution in [2.24, 2.45) is 5.92 Å². The van der Waals surface area contributed by atoms with Gasteiger partial charge in [-0.3, -0.25) is 19.9 Å². The number of fused-ring (bicyclic) bond motifs is 1. The molecule has 3 N–H and O–H groups in total. The molecule has 0 saturated carbocycles. The molecule has 6 nitrogen and oxygen atoms in total. The Bertz CT molecular complexity index is 783. The van der Waals surface area contributed by atoms with Crippen LogP contribution in [0.3, 0.4) is 0 Å². The summed E-state index contributed by atoms with van der Waals surface area (Å²) < 4.78 is 0. The van der Waals surface area contributed by atoms with E-state index in [4.69, 9.17) is 5.41 Å². The fraction of sp³-hybridized carbons (Fsp3) is 0.640. The average molecular weight is 427 g/mol. The molecule has 3 rings (SSSR count). The number of carbonyl (C=O) groups excluding carboxylic acids is 2. The molecule has 6 heteroatoms. The van der Waals surface area contributed by atoms with Crippen LogP contribution in [0.15, 0.2) is 24.3 Å². The van der Waals surface area contributed by atoms with Crippen LogP contribution in [-0.4, -0.2) is 41.3 Å². The monoisotopic (exact) mass is 426 g/mol. The van der Waals surface area contributed by atoms with Gasteiger partial charge in [0.05, 0.1) is 0 Å². The minimum atomic E-state index is -0.609. The Balaban J connectivity index is 1.47. The summed E-state index contributed by atoms with van der Waals surface area (Å²) in [5.41, 5.74) is 2.04. The fourth-order valence-electron chi connectivity index (χ4n) is 4.86. The lowest BCUT2D eigenvalue weighted by Gasteiger charge is -2.27. The molecule has 0 aromatic heterocycles. The van der Waals surface area contributed by atoms with Gasteiger partial charge < -0.3 is 10.6 Å². The van der Waals surface area contributed by atoms with Gasteiger partial charge >= 0.3 is 0 Å². The number of benzene rings is 1. The Morgan fingerprint density at radius 1 is 1.16 bits per heavy atom. The fourth-order valence-corrected chi connectivity index (χ4v) is 4.86. The number of hydrogen-bond acceptors (Lipinski definition) is 3. The summed E-state index contributed by atoms with van der Waals surface area (Å²) in [6.45, 7) is 5.26. The van der Waals surface area contributed by atoms with Gasteiger partial charge in [-0.2, -0.15) is 0 Å². The molecule has 0 bridgehead atoms. The van der Waals surface area contributed by atoms with Crippen molar-refractivity contribution >= 4 is 17.8 Å². The molecule has 1 aromatic rings. The molecule has 1 unspecified atom stereocenters. The van der Waals surface area contributed by atoms with Gasteiger partial charge in [0.2, 0.25) is 5.91 Å². The van der Waals surface area contributed by atoms with E-state index in [0.29, 0.717) is 19.5 Å². The van der Waals surface area contributed by atoms with Crippen LogP contribution in [0.2, 0.25) is 0 Å². The Hall–Kier alpha value is -2.37. The number of amides is 2. The van der Waals surface area contributed by atoms with E-state index in [1.54, 1.807) is 4.90 Å². The number of rotatable bonds is 11. The van der Waals surface area contributed by atoms with Gasteiger partial charge in [0, 0.05) is 19.0 Å². The first kappa shape index (κ1) is 23.3. The molecule has 1 heterocycles. The van der Waals surface area contributed by atoms with E-state index in [1.165, 1.54) is 11.1 Å². The highest BCUT2D eigenvalue weighted by molar-refractivity contribution is 6.07. The number of nitrogens with one attached hydrogen (secondary N) is 3. The molecular formula is C25H38N4O2. The van der Waals surface area contributed by atoms with E-state index in [1.807, 2.05) is 6.07 Å². The maximum absolute atomic E-state index is 13.2. The number of carbonyl (C=O) groups is 2. The molecule has 170 valence electrons. The van der Waals surface area contributed by atoms with E-state index in [9.17, 15) is 9.59 Å². The van der Waals surface area contributed by atoms with Crippen molar-refractivity contribution in [3.8, 4) is 0 Å². The first-order chi connectivity index (χ1) is 15.0. The third kappa shape index (κ3) is 5.46. The smallest absolute Gasteiger partial charge is 0.255 e. The molecule has 1 fully saturated rings. The molecular weight excluding hydrogens is 388 g/mol. The Morgan fingerprint density at radius 2 is 1.84 bits per heavy atom. The zero-order chi connectivity index (χ0) is 22.3. The summed E-state index contributed by atoms with van der Waals surface area (Å²) in [5.74, 6) is 0.386. The molecule has 0 radical (unpaired) electrons. The topological polar surface area (TPSA) is 85.3 Å². The maximum Gasteiger partial charge on any atom is 0.255 e. The van der Waals surface area contributed by atoms with E-state index in [0.717, 1.165) is 57.8 Å². The van der Waals surface area contributed by atoms with Crippen LogP contribution in [-0.2, 0) is 22.4 Å². The van der Waals surface area contributed by atoms with Crippen molar-refractivity contribution in [1.29, 1.82) is 5.41 Å². The van der Waals surface area contributed by atoms with E-state index >= 15 is 0 Å². The molecule has 1 aliphatic carbocycles. The summed E-state index contributed by atoms with van der Waals surface area (Å²) in [5, 5.41) is 14.6. The number of unbranched alkanes of at least 4 members (excludes halogenated alkanes) is 2.